The van der Waals surface area contributed by atoms with E-state index in [4.69, 9.17) is 21.1 Å². The molecule has 0 aromatic heterocycles. The van der Waals surface area contributed by atoms with Crippen molar-refractivity contribution in [1.29, 1.82) is 0 Å². The predicted molar refractivity (Wildman–Crippen MR) is 134 cm³/mol. The van der Waals surface area contributed by atoms with Crippen molar-refractivity contribution in [2.45, 2.75) is 13.8 Å². The molecule has 0 bridgehead atoms. The molecule has 0 unspecified atom stereocenters. The monoisotopic (exact) mass is 490 g/mol. The van der Waals surface area contributed by atoms with Crippen LogP contribution in [0.4, 0.5) is 10.5 Å². The van der Waals surface area contributed by atoms with Crippen molar-refractivity contribution in [3.05, 3.63) is 94.0 Å². The maximum absolute atomic E-state index is 12.9. The average Bonchev–Trinajstić information content (AvgIpc) is 2.83. The average molecular weight is 491 g/mol. The Kier molecular flexibility index (Phi) is 7.17. The van der Waals surface area contributed by atoms with Gasteiger partial charge in [-0.1, -0.05) is 29.8 Å². The zero-order chi connectivity index (χ0) is 24.9. The van der Waals surface area contributed by atoms with Crippen LogP contribution in [0.3, 0.4) is 0 Å². The number of barbiturate groups is 1. The van der Waals surface area contributed by atoms with Gasteiger partial charge in [0.25, 0.3) is 11.8 Å². The third kappa shape index (κ3) is 5.70. The minimum absolute atomic E-state index is 0.157. The van der Waals surface area contributed by atoms with E-state index in [0.717, 1.165) is 10.6 Å². The third-order valence-electron chi connectivity index (χ3n) is 5.48. The van der Waals surface area contributed by atoms with Gasteiger partial charge in [0.2, 0.25) is 0 Å². The molecule has 3 aromatic rings. The van der Waals surface area contributed by atoms with Crippen LogP contribution in [0, 0.1) is 13.8 Å². The van der Waals surface area contributed by atoms with E-state index in [1.807, 2.05) is 32.0 Å². The number of ether oxygens (including phenoxy) is 2. The van der Waals surface area contributed by atoms with Gasteiger partial charge in [-0.25, -0.2) is 9.69 Å². The summed E-state index contributed by atoms with van der Waals surface area (Å²) in [6.45, 7) is 4.82. The Labute approximate surface area is 207 Å². The van der Waals surface area contributed by atoms with Crippen molar-refractivity contribution < 1.29 is 23.9 Å². The standard InChI is InChI=1S/C27H23ClN2O5/c1-17-3-10-23(15-18(17)2)35-14-13-34-22-11-4-19(5-12-22)16-24-25(31)29-27(33)30(26(24)32)21-8-6-20(28)7-9-21/h3-12,15-16H,13-14H2,1-2H3,(H,29,31,33). The Hall–Kier alpha value is -4.10. The second-order valence-electron chi connectivity index (χ2n) is 7.95. The number of urea groups is 1. The summed E-state index contributed by atoms with van der Waals surface area (Å²) in [7, 11) is 0. The number of rotatable bonds is 7. The molecule has 0 aliphatic carbocycles. The molecule has 4 rings (SSSR count). The van der Waals surface area contributed by atoms with Crippen LogP contribution in [0.15, 0.2) is 72.3 Å². The third-order valence-corrected chi connectivity index (χ3v) is 5.73. The fourth-order valence-corrected chi connectivity index (χ4v) is 3.56. The highest BCUT2D eigenvalue weighted by atomic mass is 35.5. The smallest absolute Gasteiger partial charge is 0.335 e. The number of imide groups is 2. The molecule has 1 aliphatic heterocycles. The SMILES string of the molecule is Cc1ccc(OCCOc2ccc(C=C3C(=O)NC(=O)N(c4ccc(Cl)cc4)C3=O)cc2)cc1C. The molecular formula is C27H23ClN2O5. The summed E-state index contributed by atoms with van der Waals surface area (Å²) in [5.41, 5.74) is 3.13. The van der Waals surface area contributed by atoms with E-state index >= 15 is 0 Å². The van der Waals surface area contributed by atoms with Gasteiger partial charge in [0.15, 0.2) is 0 Å². The predicted octanol–water partition coefficient (Wildman–Crippen LogP) is 5.08. The van der Waals surface area contributed by atoms with Gasteiger partial charge in [0.05, 0.1) is 5.69 Å². The first kappa shape index (κ1) is 24.0. The molecular weight excluding hydrogens is 468 g/mol. The number of hydrogen-bond donors (Lipinski definition) is 1. The fraction of sp³-hybridized carbons (Fsp3) is 0.148. The van der Waals surface area contributed by atoms with Gasteiger partial charge in [0, 0.05) is 5.02 Å². The van der Waals surface area contributed by atoms with Crippen LogP contribution in [-0.4, -0.2) is 31.1 Å². The lowest BCUT2D eigenvalue weighted by Gasteiger charge is -2.26. The summed E-state index contributed by atoms with van der Waals surface area (Å²) in [6.07, 6.45) is 1.43. The Morgan fingerprint density at radius 1 is 0.829 bits per heavy atom. The van der Waals surface area contributed by atoms with Crippen LogP contribution in [-0.2, 0) is 9.59 Å². The van der Waals surface area contributed by atoms with Gasteiger partial charge in [-0.05, 0) is 85.1 Å². The summed E-state index contributed by atoms with van der Waals surface area (Å²) < 4.78 is 11.4. The normalized spacial score (nSPS) is 14.8. The summed E-state index contributed by atoms with van der Waals surface area (Å²) in [5.74, 6) is -0.0626. The zero-order valence-electron chi connectivity index (χ0n) is 19.2. The number of amides is 4. The Morgan fingerprint density at radius 3 is 2.11 bits per heavy atom. The number of aryl methyl sites for hydroxylation is 2. The van der Waals surface area contributed by atoms with Gasteiger partial charge in [-0.15, -0.1) is 0 Å². The minimum Gasteiger partial charge on any atom is -0.490 e. The molecule has 178 valence electrons. The summed E-state index contributed by atoms with van der Waals surface area (Å²) in [6, 6.07) is 18.2. The van der Waals surface area contributed by atoms with Crippen molar-refractivity contribution in [2.75, 3.05) is 18.1 Å². The fourth-order valence-electron chi connectivity index (χ4n) is 3.43. The molecule has 1 fully saturated rings. The lowest BCUT2D eigenvalue weighted by molar-refractivity contribution is -0.122. The largest absolute Gasteiger partial charge is 0.490 e. The molecule has 7 nitrogen and oxygen atoms in total. The molecule has 1 N–H and O–H groups in total. The first-order chi connectivity index (χ1) is 16.8. The Bertz CT molecular complexity index is 1300. The molecule has 0 atom stereocenters. The van der Waals surface area contributed by atoms with Crippen LogP contribution in [0.1, 0.15) is 16.7 Å². The van der Waals surface area contributed by atoms with Gasteiger partial charge < -0.3 is 9.47 Å². The Balaban J connectivity index is 1.39. The van der Waals surface area contributed by atoms with Crippen LogP contribution in [0.2, 0.25) is 5.02 Å². The van der Waals surface area contributed by atoms with Crippen molar-refractivity contribution in [1.82, 2.24) is 5.32 Å². The molecule has 4 amide bonds. The zero-order valence-corrected chi connectivity index (χ0v) is 20.0. The van der Waals surface area contributed by atoms with E-state index in [1.54, 1.807) is 36.4 Å². The van der Waals surface area contributed by atoms with Gasteiger partial charge in [0.1, 0.15) is 30.3 Å². The lowest BCUT2D eigenvalue weighted by atomic mass is 10.1. The highest BCUT2D eigenvalue weighted by Gasteiger charge is 2.36. The van der Waals surface area contributed by atoms with E-state index in [9.17, 15) is 14.4 Å². The molecule has 3 aromatic carbocycles. The topological polar surface area (TPSA) is 84.9 Å². The number of benzene rings is 3. The Morgan fingerprint density at radius 2 is 1.46 bits per heavy atom. The van der Waals surface area contributed by atoms with Crippen molar-refractivity contribution in [2.24, 2.45) is 0 Å². The number of halogens is 1. The quantitative estimate of drug-likeness (QED) is 0.283. The molecule has 0 radical (unpaired) electrons. The number of nitrogens with zero attached hydrogens (tertiary/aromatic N) is 1. The van der Waals surface area contributed by atoms with Crippen molar-refractivity contribution in [3.63, 3.8) is 0 Å². The summed E-state index contributed by atoms with van der Waals surface area (Å²) in [5, 5.41) is 2.66. The molecule has 0 saturated carbocycles. The maximum Gasteiger partial charge on any atom is 0.335 e. The minimum atomic E-state index is -0.814. The van der Waals surface area contributed by atoms with Crippen molar-refractivity contribution >= 4 is 41.2 Å². The van der Waals surface area contributed by atoms with Crippen molar-refractivity contribution in [3.8, 4) is 11.5 Å². The summed E-state index contributed by atoms with van der Waals surface area (Å²) >= 11 is 5.89. The van der Waals surface area contributed by atoms with Crippen LogP contribution >= 0.6 is 11.6 Å². The highest BCUT2D eigenvalue weighted by molar-refractivity contribution is 6.39. The van der Waals surface area contributed by atoms with E-state index < -0.39 is 17.8 Å². The number of nitrogens with one attached hydrogen (secondary N) is 1. The van der Waals surface area contributed by atoms with E-state index in [1.165, 1.54) is 29.3 Å². The van der Waals surface area contributed by atoms with Crippen LogP contribution in [0.5, 0.6) is 11.5 Å². The number of carbonyl (C=O) groups excluding carboxylic acids is 3. The summed E-state index contributed by atoms with van der Waals surface area (Å²) in [4.78, 5) is 38.5. The number of carbonyl (C=O) groups is 3. The lowest BCUT2D eigenvalue weighted by Crippen LogP contribution is -2.54. The molecule has 0 spiro atoms. The first-order valence-electron chi connectivity index (χ1n) is 10.9. The number of anilines is 1. The molecule has 1 heterocycles. The second-order valence-corrected chi connectivity index (χ2v) is 8.38. The van der Waals surface area contributed by atoms with E-state index in [0.29, 0.717) is 35.2 Å². The van der Waals surface area contributed by atoms with E-state index in [2.05, 4.69) is 5.32 Å². The highest BCUT2D eigenvalue weighted by Crippen LogP contribution is 2.24. The van der Waals surface area contributed by atoms with Crippen LogP contribution < -0.4 is 19.7 Å². The maximum atomic E-state index is 12.9. The van der Waals surface area contributed by atoms with Crippen LogP contribution in [0.25, 0.3) is 6.08 Å². The number of hydrogen-bond acceptors (Lipinski definition) is 5. The molecule has 35 heavy (non-hydrogen) atoms. The van der Waals surface area contributed by atoms with Gasteiger partial charge >= 0.3 is 6.03 Å². The molecule has 8 heteroatoms. The van der Waals surface area contributed by atoms with Gasteiger partial charge in [-0.3, -0.25) is 14.9 Å². The molecule has 1 aliphatic rings. The van der Waals surface area contributed by atoms with E-state index in [-0.39, 0.29) is 5.57 Å². The molecule has 1 saturated heterocycles. The first-order valence-corrected chi connectivity index (χ1v) is 11.3. The second kappa shape index (κ2) is 10.4. The van der Waals surface area contributed by atoms with Gasteiger partial charge in [-0.2, -0.15) is 0 Å².